The van der Waals surface area contributed by atoms with Crippen LogP contribution in [0.15, 0.2) is 18.2 Å². The third-order valence-electron chi connectivity index (χ3n) is 3.56. The van der Waals surface area contributed by atoms with Crippen LogP contribution >= 0.6 is 0 Å². The number of aromatic nitrogens is 1. The molecule has 2 aromatic rings. The molecule has 0 aliphatic carbocycles. The molecule has 3 heteroatoms. The second-order valence-electron chi connectivity index (χ2n) is 4.52. The fourth-order valence-corrected chi connectivity index (χ4v) is 2.75. The third-order valence-corrected chi connectivity index (χ3v) is 3.56. The zero-order valence-electron chi connectivity index (χ0n) is 10.4. The van der Waals surface area contributed by atoms with Crippen LogP contribution in [0.25, 0.3) is 10.9 Å². The molecular formula is C14H18N2O. The number of hydrogen-bond acceptors (Lipinski definition) is 2. The van der Waals surface area contributed by atoms with Gasteiger partial charge in [-0.25, -0.2) is 0 Å². The van der Waals surface area contributed by atoms with Gasteiger partial charge < -0.3 is 14.6 Å². The maximum absolute atomic E-state index is 5.58. The lowest BCUT2D eigenvalue weighted by Crippen LogP contribution is -2.24. The molecule has 1 aliphatic heterocycles. The lowest BCUT2D eigenvalue weighted by molar-refractivity contribution is 0.340. The number of nitrogens with one attached hydrogen (secondary N) is 1. The first-order valence-corrected chi connectivity index (χ1v) is 6.25. The zero-order valence-corrected chi connectivity index (χ0v) is 10.4. The minimum atomic E-state index is 0.721. The summed E-state index contributed by atoms with van der Waals surface area (Å²) in [6, 6.07) is 6.40. The number of ether oxygens (including phenoxy) is 1. The second kappa shape index (κ2) is 4.08. The fourth-order valence-electron chi connectivity index (χ4n) is 2.75. The molecule has 0 unspecified atom stereocenters. The van der Waals surface area contributed by atoms with Gasteiger partial charge in [-0.1, -0.05) is 0 Å². The summed E-state index contributed by atoms with van der Waals surface area (Å²) in [4.78, 5) is 0. The van der Waals surface area contributed by atoms with E-state index >= 15 is 0 Å². The van der Waals surface area contributed by atoms with Gasteiger partial charge in [0.05, 0.1) is 6.61 Å². The van der Waals surface area contributed by atoms with Crippen LogP contribution < -0.4 is 10.1 Å². The van der Waals surface area contributed by atoms with Gasteiger partial charge >= 0.3 is 0 Å². The largest absolute Gasteiger partial charge is 0.494 e. The first-order valence-electron chi connectivity index (χ1n) is 6.25. The molecule has 0 amide bonds. The van der Waals surface area contributed by atoms with Gasteiger partial charge in [0.1, 0.15) is 5.75 Å². The first-order chi connectivity index (χ1) is 8.31. The number of fused-ring (bicyclic) bond motifs is 3. The Morgan fingerprint density at radius 3 is 3.12 bits per heavy atom. The summed E-state index contributed by atoms with van der Waals surface area (Å²) >= 11 is 0. The maximum Gasteiger partial charge on any atom is 0.120 e. The summed E-state index contributed by atoms with van der Waals surface area (Å²) in [5.74, 6) is 0.971. The Morgan fingerprint density at radius 2 is 2.29 bits per heavy atom. The van der Waals surface area contributed by atoms with Crippen molar-refractivity contribution < 1.29 is 4.74 Å². The molecule has 0 radical (unpaired) electrons. The molecule has 0 atom stereocenters. The summed E-state index contributed by atoms with van der Waals surface area (Å²) in [7, 11) is 2.16. The molecule has 1 aromatic heterocycles. The molecule has 3 rings (SSSR count). The van der Waals surface area contributed by atoms with Gasteiger partial charge in [0.15, 0.2) is 0 Å². The van der Waals surface area contributed by atoms with Crippen molar-refractivity contribution in [2.24, 2.45) is 7.05 Å². The average Bonchev–Trinajstić information content (AvgIpc) is 2.65. The lowest BCUT2D eigenvalue weighted by atomic mass is 10.1. The predicted octanol–water partition coefficient (Wildman–Crippen LogP) is 2.22. The van der Waals surface area contributed by atoms with Gasteiger partial charge in [0.25, 0.3) is 0 Å². The van der Waals surface area contributed by atoms with Crippen LogP contribution in [-0.4, -0.2) is 17.7 Å². The van der Waals surface area contributed by atoms with E-state index in [1.54, 1.807) is 0 Å². The smallest absolute Gasteiger partial charge is 0.120 e. The zero-order chi connectivity index (χ0) is 11.8. The Bertz CT molecular complexity index is 557. The molecule has 1 aromatic carbocycles. The molecule has 1 aliphatic rings. The molecule has 0 fully saturated rings. The molecular weight excluding hydrogens is 212 g/mol. The van der Waals surface area contributed by atoms with E-state index in [9.17, 15) is 0 Å². The van der Waals surface area contributed by atoms with E-state index in [-0.39, 0.29) is 0 Å². The Kier molecular flexibility index (Phi) is 2.56. The minimum absolute atomic E-state index is 0.721. The van der Waals surface area contributed by atoms with Crippen molar-refractivity contribution in [3.63, 3.8) is 0 Å². The average molecular weight is 230 g/mol. The summed E-state index contributed by atoms with van der Waals surface area (Å²) in [5.41, 5.74) is 4.21. The molecule has 0 saturated carbocycles. The summed E-state index contributed by atoms with van der Waals surface area (Å²) in [6.07, 6.45) is 1.12. The van der Waals surface area contributed by atoms with Crippen molar-refractivity contribution in [2.45, 2.75) is 19.9 Å². The summed E-state index contributed by atoms with van der Waals surface area (Å²) < 4.78 is 7.91. The van der Waals surface area contributed by atoms with E-state index < -0.39 is 0 Å². The van der Waals surface area contributed by atoms with E-state index in [4.69, 9.17) is 4.74 Å². The fraction of sp³-hybridized carbons (Fsp3) is 0.429. The lowest BCUT2D eigenvalue weighted by Gasteiger charge is -2.14. The Morgan fingerprint density at radius 1 is 1.41 bits per heavy atom. The van der Waals surface area contributed by atoms with E-state index in [0.717, 1.165) is 31.9 Å². The van der Waals surface area contributed by atoms with Crippen molar-refractivity contribution in [3.8, 4) is 5.75 Å². The second-order valence-corrected chi connectivity index (χ2v) is 4.52. The molecule has 3 nitrogen and oxygen atoms in total. The number of rotatable bonds is 2. The van der Waals surface area contributed by atoms with Crippen LogP contribution in [0.1, 0.15) is 18.2 Å². The molecule has 90 valence electrons. The van der Waals surface area contributed by atoms with Crippen LogP contribution in [0.5, 0.6) is 5.75 Å². The van der Waals surface area contributed by atoms with E-state index in [0.29, 0.717) is 0 Å². The van der Waals surface area contributed by atoms with Crippen LogP contribution in [0.2, 0.25) is 0 Å². The van der Waals surface area contributed by atoms with Gasteiger partial charge in [0.2, 0.25) is 0 Å². The van der Waals surface area contributed by atoms with Gasteiger partial charge in [0, 0.05) is 43.2 Å². The summed E-state index contributed by atoms with van der Waals surface area (Å²) in [5, 5.41) is 4.78. The molecule has 17 heavy (non-hydrogen) atoms. The SMILES string of the molecule is CCOc1ccc2c(c1)c1c(n2C)CCNC1. The first kappa shape index (κ1) is 10.7. The van der Waals surface area contributed by atoms with Gasteiger partial charge in [-0.3, -0.25) is 0 Å². The highest BCUT2D eigenvalue weighted by Crippen LogP contribution is 2.30. The van der Waals surface area contributed by atoms with Crippen molar-refractivity contribution in [3.05, 3.63) is 29.5 Å². The molecule has 0 spiro atoms. The van der Waals surface area contributed by atoms with Crippen LogP contribution in [0.3, 0.4) is 0 Å². The monoisotopic (exact) mass is 230 g/mol. The van der Waals surface area contributed by atoms with Gasteiger partial charge in [-0.15, -0.1) is 0 Å². The van der Waals surface area contributed by atoms with E-state index in [1.807, 2.05) is 6.92 Å². The Hall–Kier alpha value is -1.48. The summed E-state index contributed by atoms with van der Waals surface area (Å²) in [6.45, 7) is 4.79. The molecule has 2 heterocycles. The molecule has 1 N–H and O–H groups in total. The Labute approximate surface area is 101 Å². The highest BCUT2D eigenvalue weighted by Gasteiger charge is 2.18. The maximum atomic E-state index is 5.58. The van der Waals surface area contributed by atoms with Crippen molar-refractivity contribution in [1.82, 2.24) is 9.88 Å². The van der Waals surface area contributed by atoms with Crippen molar-refractivity contribution >= 4 is 10.9 Å². The molecule has 0 saturated heterocycles. The van der Waals surface area contributed by atoms with Crippen LogP contribution in [-0.2, 0) is 20.0 Å². The normalized spacial score (nSPS) is 14.9. The number of hydrogen-bond donors (Lipinski definition) is 1. The number of aryl methyl sites for hydroxylation is 1. The van der Waals surface area contributed by atoms with Gasteiger partial charge in [-0.2, -0.15) is 0 Å². The topological polar surface area (TPSA) is 26.2 Å². The van der Waals surface area contributed by atoms with Gasteiger partial charge in [-0.05, 0) is 30.7 Å². The minimum Gasteiger partial charge on any atom is -0.494 e. The highest BCUT2D eigenvalue weighted by molar-refractivity contribution is 5.87. The van der Waals surface area contributed by atoms with Crippen molar-refractivity contribution in [2.75, 3.05) is 13.2 Å². The standard InChI is InChI=1S/C14H18N2O/c1-3-17-10-4-5-13-11(8-10)12-9-15-7-6-14(12)16(13)2/h4-5,8,15H,3,6-7,9H2,1-2H3. The number of nitrogens with zero attached hydrogens (tertiary/aromatic N) is 1. The predicted molar refractivity (Wildman–Crippen MR) is 69.5 cm³/mol. The van der Waals surface area contributed by atoms with Crippen LogP contribution in [0.4, 0.5) is 0 Å². The molecule has 0 bridgehead atoms. The highest BCUT2D eigenvalue weighted by atomic mass is 16.5. The third kappa shape index (κ3) is 1.62. The number of benzene rings is 1. The Balaban J connectivity index is 2.21. The quantitative estimate of drug-likeness (QED) is 0.856. The van der Waals surface area contributed by atoms with E-state index in [2.05, 4.69) is 35.1 Å². The van der Waals surface area contributed by atoms with Crippen molar-refractivity contribution in [1.29, 1.82) is 0 Å². The van der Waals surface area contributed by atoms with Crippen LogP contribution in [0, 0.1) is 0 Å². The van der Waals surface area contributed by atoms with E-state index in [1.165, 1.54) is 22.2 Å².